The van der Waals surface area contributed by atoms with E-state index in [9.17, 15) is 13.2 Å². The van der Waals surface area contributed by atoms with Crippen molar-refractivity contribution in [2.75, 3.05) is 0 Å². The second-order valence-corrected chi connectivity index (χ2v) is 7.72. The zero-order valence-electron chi connectivity index (χ0n) is 13.9. The maximum atomic E-state index is 11.5. The van der Waals surface area contributed by atoms with Gasteiger partial charge in [-0.25, -0.2) is 0 Å². The van der Waals surface area contributed by atoms with Crippen molar-refractivity contribution < 1.29 is 17.8 Å². The molecule has 22 heavy (non-hydrogen) atoms. The largest absolute Gasteiger partial charge is 0.313 e. The van der Waals surface area contributed by atoms with Crippen LogP contribution in [-0.2, 0) is 14.9 Å². The third-order valence-electron chi connectivity index (χ3n) is 3.87. The van der Waals surface area contributed by atoms with Crippen LogP contribution in [0.5, 0.6) is 0 Å². The van der Waals surface area contributed by atoms with Crippen molar-refractivity contribution in [2.45, 2.75) is 95.8 Å². The number of ketones is 1. The lowest BCUT2D eigenvalue weighted by Gasteiger charge is -2.07. The summed E-state index contributed by atoms with van der Waals surface area (Å²) in [5.74, 6) is -0.193. The number of hydrogen-bond donors (Lipinski definition) is 2. The summed E-state index contributed by atoms with van der Waals surface area (Å²) in [7, 11) is -4.30. The lowest BCUT2D eigenvalue weighted by molar-refractivity contribution is -0.119. The molecule has 0 aromatic rings. The van der Waals surface area contributed by atoms with E-state index in [0.717, 1.165) is 19.3 Å². The van der Waals surface area contributed by atoms with E-state index in [1.54, 1.807) is 0 Å². The third-order valence-corrected chi connectivity index (χ3v) is 4.80. The Labute approximate surface area is 135 Å². The summed E-state index contributed by atoms with van der Waals surface area (Å²) in [4.78, 5) is 11.5. The molecule has 0 aromatic heterocycles. The van der Waals surface area contributed by atoms with Crippen molar-refractivity contribution in [1.29, 1.82) is 0 Å². The normalized spacial score (nSPS) is 13.2. The van der Waals surface area contributed by atoms with E-state index >= 15 is 0 Å². The van der Waals surface area contributed by atoms with E-state index in [1.165, 1.54) is 51.4 Å². The summed E-state index contributed by atoms with van der Waals surface area (Å²) >= 11 is 0. The molecule has 0 saturated heterocycles. The highest BCUT2D eigenvalue weighted by molar-refractivity contribution is 7.86. The number of Topliss-reactive ketones (excluding diaryl/α,β-unsaturated/α-hetero) is 1. The molecule has 0 aromatic carbocycles. The molecule has 0 fully saturated rings. The Hall–Kier alpha value is -0.460. The predicted octanol–water partition coefficient (Wildman–Crippen LogP) is 3.82. The predicted molar refractivity (Wildman–Crippen MR) is 90.2 cm³/mol. The number of hydrogen-bond acceptors (Lipinski definition) is 4. The first-order valence-corrected chi connectivity index (χ1v) is 10.1. The average molecular weight is 336 g/mol. The average Bonchev–Trinajstić information content (AvgIpc) is 2.43. The summed E-state index contributed by atoms with van der Waals surface area (Å²) in [6.45, 7) is 2.22. The number of carbonyl (C=O) groups is 1. The van der Waals surface area contributed by atoms with Gasteiger partial charge in [-0.1, -0.05) is 71.1 Å². The molecule has 0 heterocycles. The van der Waals surface area contributed by atoms with Gasteiger partial charge in [0.05, 0.1) is 0 Å². The Bertz CT molecular complexity index is 382. The van der Waals surface area contributed by atoms with Crippen LogP contribution in [0, 0.1) is 0 Å². The fourth-order valence-corrected chi connectivity index (χ4v) is 2.81. The van der Waals surface area contributed by atoms with E-state index in [2.05, 4.69) is 6.92 Å². The van der Waals surface area contributed by atoms with Gasteiger partial charge in [-0.15, -0.1) is 0 Å². The van der Waals surface area contributed by atoms with E-state index < -0.39 is 15.5 Å². The van der Waals surface area contributed by atoms with E-state index in [4.69, 9.17) is 10.3 Å². The first kappa shape index (κ1) is 21.5. The highest BCUT2D eigenvalue weighted by Gasteiger charge is 2.20. The van der Waals surface area contributed by atoms with Gasteiger partial charge in [-0.3, -0.25) is 9.35 Å². The van der Waals surface area contributed by atoms with Crippen LogP contribution < -0.4 is 5.73 Å². The highest BCUT2D eigenvalue weighted by Crippen LogP contribution is 2.12. The minimum atomic E-state index is -4.30. The van der Waals surface area contributed by atoms with Gasteiger partial charge in [0.15, 0.2) is 0 Å². The van der Waals surface area contributed by atoms with Crippen molar-refractivity contribution in [3.05, 3.63) is 0 Å². The molecule has 0 aliphatic carbocycles. The van der Waals surface area contributed by atoms with Crippen molar-refractivity contribution in [1.82, 2.24) is 0 Å². The zero-order chi connectivity index (χ0) is 16.8. The zero-order valence-corrected chi connectivity index (χ0v) is 14.7. The van der Waals surface area contributed by atoms with E-state index in [0.29, 0.717) is 6.42 Å². The molecule has 0 aliphatic heterocycles. The third kappa shape index (κ3) is 13.2. The molecule has 1 atom stereocenters. The van der Waals surface area contributed by atoms with Gasteiger partial charge < -0.3 is 5.73 Å². The summed E-state index contributed by atoms with van der Waals surface area (Å²) in [5.41, 5.74) is 5.22. The number of rotatable bonds is 15. The molecule has 1 unspecified atom stereocenters. The molecule has 0 spiro atoms. The van der Waals surface area contributed by atoms with Crippen LogP contribution in [0.1, 0.15) is 90.4 Å². The van der Waals surface area contributed by atoms with Crippen LogP contribution in [-0.4, -0.2) is 24.1 Å². The van der Waals surface area contributed by atoms with Gasteiger partial charge in [-0.2, -0.15) is 8.42 Å². The molecule has 0 rings (SSSR count). The van der Waals surface area contributed by atoms with Crippen LogP contribution in [0.2, 0.25) is 0 Å². The van der Waals surface area contributed by atoms with Crippen LogP contribution in [0.3, 0.4) is 0 Å². The van der Waals surface area contributed by atoms with Crippen molar-refractivity contribution >= 4 is 15.9 Å². The summed E-state index contributed by atoms with van der Waals surface area (Å²) in [6.07, 6.45) is 13.3. The van der Waals surface area contributed by atoms with Gasteiger partial charge in [0.1, 0.15) is 11.2 Å². The van der Waals surface area contributed by atoms with Gasteiger partial charge in [0.25, 0.3) is 10.1 Å². The maximum Gasteiger partial charge on any atom is 0.281 e. The van der Waals surface area contributed by atoms with Gasteiger partial charge in [-0.05, 0) is 6.42 Å². The lowest BCUT2D eigenvalue weighted by atomic mass is 10.0. The second kappa shape index (κ2) is 13.0. The number of unbranched alkanes of at least 4 members (excludes halogenated alkanes) is 10. The smallest absolute Gasteiger partial charge is 0.281 e. The standard InChI is InChI=1S/C16H33NO4S/c1-2-3-4-5-6-7-8-9-10-11-12-13-15(18)14-16(17)22(19,20)21/h16H,2-14,17H2,1H3,(H,19,20,21). The van der Waals surface area contributed by atoms with E-state index in [1.807, 2.05) is 0 Å². The topological polar surface area (TPSA) is 97.5 Å². The van der Waals surface area contributed by atoms with Crippen LogP contribution >= 0.6 is 0 Å². The van der Waals surface area contributed by atoms with Crippen LogP contribution in [0.15, 0.2) is 0 Å². The summed E-state index contributed by atoms with van der Waals surface area (Å²) < 4.78 is 30.1. The van der Waals surface area contributed by atoms with Crippen LogP contribution in [0.25, 0.3) is 0 Å². The summed E-state index contributed by atoms with van der Waals surface area (Å²) in [6, 6.07) is 0. The molecule has 0 saturated carbocycles. The molecule has 0 bridgehead atoms. The molecule has 6 heteroatoms. The Kier molecular flexibility index (Phi) is 12.8. The van der Waals surface area contributed by atoms with Gasteiger partial charge >= 0.3 is 0 Å². The first-order chi connectivity index (χ1) is 10.4. The number of carbonyl (C=O) groups excluding carboxylic acids is 1. The quantitative estimate of drug-likeness (QED) is 0.350. The van der Waals surface area contributed by atoms with Crippen molar-refractivity contribution in [2.24, 2.45) is 5.73 Å². The Morgan fingerprint density at radius 3 is 1.73 bits per heavy atom. The van der Waals surface area contributed by atoms with E-state index in [-0.39, 0.29) is 12.2 Å². The maximum absolute atomic E-state index is 11.5. The Morgan fingerprint density at radius 1 is 0.909 bits per heavy atom. The molecular formula is C16H33NO4S. The molecule has 132 valence electrons. The molecule has 5 nitrogen and oxygen atoms in total. The Morgan fingerprint density at radius 2 is 1.32 bits per heavy atom. The highest BCUT2D eigenvalue weighted by atomic mass is 32.2. The molecule has 3 N–H and O–H groups in total. The molecule has 0 amide bonds. The summed E-state index contributed by atoms with van der Waals surface area (Å²) in [5, 5.41) is -1.48. The van der Waals surface area contributed by atoms with Crippen molar-refractivity contribution in [3.8, 4) is 0 Å². The van der Waals surface area contributed by atoms with Crippen LogP contribution in [0.4, 0.5) is 0 Å². The first-order valence-electron chi connectivity index (χ1n) is 8.61. The number of nitrogens with two attached hydrogens (primary N) is 1. The van der Waals surface area contributed by atoms with Crippen molar-refractivity contribution in [3.63, 3.8) is 0 Å². The monoisotopic (exact) mass is 335 g/mol. The van der Waals surface area contributed by atoms with Gasteiger partial charge in [0.2, 0.25) is 0 Å². The minimum absolute atomic E-state index is 0.193. The SMILES string of the molecule is CCCCCCCCCCCCCC(=O)CC(N)S(=O)(=O)O. The van der Waals surface area contributed by atoms with Gasteiger partial charge in [0, 0.05) is 12.8 Å². The molecular weight excluding hydrogens is 302 g/mol. The molecule has 0 aliphatic rings. The fourth-order valence-electron chi connectivity index (χ4n) is 2.42. The molecule has 0 radical (unpaired) electrons. The minimum Gasteiger partial charge on any atom is -0.313 e. The lowest BCUT2D eigenvalue weighted by Crippen LogP contribution is -2.32. The Balaban J connectivity index is 3.37. The fraction of sp³-hybridized carbons (Fsp3) is 0.938. The second-order valence-electron chi connectivity index (χ2n) is 6.08.